The van der Waals surface area contributed by atoms with Crippen LogP contribution in [0.15, 0.2) is 36.5 Å². The molecule has 1 aliphatic rings. The van der Waals surface area contributed by atoms with Crippen LogP contribution in [0.25, 0.3) is 0 Å². The average molecular weight is 357 g/mol. The molecular weight excluding hydrogens is 334 g/mol. The fraction of sp³-hybridized carbons (Fsp3) is 0.389. The summed E-state index contributed by atoms with van der Waals surface area (Å²) in [6.45, 7) is 1.59. The predicted octanol–water partition coefficient (Wildman–Crippen LogP) is 0.919. The van der Waals surface area contributed by atoms with E-state index >= 15 is 0 Å². The van der Waals surface area contributed by atoms with Gasteiger partial charge in [0.15, 0.2) is 6.61 Å². The summed E-state index contributed by atoms with van der Waals surface area (Å²) in [6, 6.07) is 8.01. The number of H-pyrrole nitrogens is 1. The molecule has 2 aromatic rings. The molecule has 1 atom stereocenters. The number of carbonyl (C=O) groups excluding carboxylic acids is 2. The molecule has 138 valence electrons. The first-order chi connectivity index (χ1) is 12.6. The Balaban J connectivity index is 1.51. The molecule has 1 aromatic carbocycles. The van der Waals surface area contributed by atoms with Crippen molar-refractivity contribution in [2.45, 2.75) is 25.3 Å². The fourth-order valence-electron chi connectivity index (χ4n) is 2.83. The number of benzene rings is 1. The first-order valence-corrected chi connectivity index (χ1v) is 8.67. The van der Waals surface area contributed by atoms with Gasteiger partial charge in [-0.2, -0.15) is 5.10 Å². The Kier molecular flexibility index (Phi) is 5.85. The van der Waals surface area contributed by atoms with Crippen LogP contribution >= 0.6 is 0 Å². The van der Waals surface area contributed by atoms with Crippen molar-refractivity contribution in [3.05, 3.63) is 42.2 Å². The van der Waals surface area contributed by atoms with E-state index in [0.717, 1.165) is 31.6 Å². The lowest BCUT2D eigenvalue weighted by Gasteiger charge is -2.16. The van der Waals surface area contributed by atoms with E-state index in [-0.39, 0.29) is 18.4 Å². The van der Waals surface area contributed by atoms with Crippen LogP contribution in [0.2, 0.25) is 0 Å². The molecule has 26 heavy (non-hydrogen) atoms. The van der Waals surface area contributed by atoms with Crippen molar-refractivity contribution in [1.29, 1.82) is 0 Å². The largest absolute Gasteiger partial charge is 0.484 e. The normalized spacial score (nSPS) is 14.9. The fourth-order valence-corrected chi connectivity index (χ4v) is 2.83. The van der Waals surface area contributed by atoms with Gasteiger partial charge in [0, 0.05) is 43.2 Å². The predicted molar refractivity (Wildman–Crippen MR) is 96.6 cm³/mol. The minimum atomic E-state index is -0.697. The molecule has 0 aliphatic carbocycles. The molecule has 0 radical (unpaired) electrons. The van der Waals surface area contributed by atoms with E-state index in [4.69, 9.17) is 10.5 Å². The molecular formula is C18H23N5O3. The highest BCUT2D eigenvalue weighted by molar-refractivity contribution is 5.95. The van der Waals surface area contributed by atoms with Crippen LogP contribution in [0.3, 0.4) is 0 Å². The molecule has 0 spiro atoms. The monoisotopic (exact) mass is 357 g/mol. The van der Waals surface area contributed by atoms with Crippen molar-refractivity contribution in [3.8, 4) is 5.75 Å². The molecule has 4 N–H and O–H groups in total. The lowest BCUT2D eigenvalue weighted by atomic mass is 10.1. The number of ether oxygens (including phenoxy) is 1. The smallest absolute Gasteiger partial charge is 0.260 e. The third-order valence-electron chi connectivity index (χ3n) is 4.26. The van der Waals surface area contributed by atoms with Gasteiger partial charge in [-0.1, -0.05) is 6.07 Å². The summed E-state index contributed by atoms with van der Waals surface area (Å²) in [6.07, 6.45) is 4.08. The average Bonchev–Trinajstić information content (AvgIpc) is 3.33. The van der Waals surface area contributed by atoms with Crippen molar-refractivity contribution in [2.75, 3.05) is 25.0 Å². The molecule has 2 amide bonds. The summed E-state index contributed by atoms with van der Waals surface area (Å²) in [5.74, 6) is 0.209. The van der Waals surface area contributed by atoms with Crippen LogP contribution in [0, 0.1) is 0 Å². The lowest BCUT2D eigenvalue weighted by Crippen LogP contribution is -2.37. The molecule has 1 aliphatic heterocycles. The zero-order valence-electron chi connectivity index (χ0n) is 14.5. The minimum Gasteiger partial charge on any atom is -0.484 e. The van der Waals surface area contributed by atoms with Crippen LogP contribution in [-0.2, 0) is 16.0 Å². The van der Waals surface area contributed by atoms with Gasteiger partial charge in [-0.3, -0.25) is 14.7 Å². The Bertz CT molecular complexity index is 741. The van der Waals surface area contributed by atoms with E-state index in [9.17, 15) is 9.59 Å². The Morgan fingerprint density at radius 3 is 2.85 bits per heavy atom. The molecule has 0 bridgehead atoms. The molecule has 1 fully saturated rings. The Hall–Kier alpha value is -2.87. The number of likely N-dealkylation sites (tertiary alicyclic amines) is 1. The SMILES string of the molecule is NC(Cc1ccn[nH]1)C(=O)Nc1cccc(OCC(=O)N2CCCC2)c1. The highest BCUT2D eigenvalue weighted by atomic mass is 16.5. The number of aromatic amines is 1. The first kappa shape index (κ1) is 17.9. The van der Waals surface area contributed by atoms with E-state index in [2.05, 4.69) is 15.5 Å². The number of nitrogens with two attached hydrogens (primary N) is 1. The molecule has 1 unspecified atom stereocenters. The van der Waals surface area contributed by atoms with Crippen molar-refractivity contribution in [1.82, 2.24) is 15.1 Å². The van der Waals surface area contributed by atoms with Crippen LogP contribution in [-0.4, -0.2) is 52.6 Å². The van der Waals surface area contributed by atoms with Gasteiger partial charge in [0.05, 0.1) is 6.04 Å². The van der Waals surface area contributed by atoms with Gasteiger partial charge in [-0.25, -0.2) is 0 Å². The maximum Gasteiger partial charge on any atom is 0.260 e. The molecule has 8 heteroatoms. The maximum atomic E-state index is 12.2. The Labute approximate surface area is 151 Å². The Morgan fingerprint density at radius 1 is 1.31 bits per heavy atom. The summed E-state index contributed by atoms with van der Waals surface area (Å²) in [5.41, 5.74) is 7.29. The van der Waals surface area contributed by atoms with Crippen LogP contribution in [0.4, 0.5) is 5.69 Å². The summed E-state index contributed by atoms with van der Waals surface area (Å²) < 4.78 is 5.56. The number of rotatable bonds is 7. The summed E-state index contributed by atoms with van der Waals surface area (Å²) in [4.78, 5) is 26.1. The zero-order chi connectivity index (χ0) is 18.4. The molecule has 3 rings (SSSR count). The second-order valence-electron chi connectivity index (χ2n) is 6.29. The summed E-state index contributed by atoms with van der Waals surface area (Å²) in [7, 11) is 0. The summed E-state index contributed by atoms with van der Waals surface area (Å²) in [5, 5.41) is 9.38. The number of aromatic nitrogens is 2. The van der Waals surface area contributed by atoms with E-state index in [0.29, 0.717) is 17.9 Å². The molecule has 1 saturated heterocycles. The van der Waals surface area contributed by atoms with Crippen LogP contribution < -0.4 is 15.8 Å². The van der Waals surface area contributed by atoms with Crippen LogP contribution in [0.1, 0.15) is 18.5 Å². The van der Waals surface area contributed by atoms with E-state index in [1.54, 1.807) is 41.4 Å². The van der Waals surface area contributed by atoms with Gasteiger partial charge < -0.3 is 20.7 Å². The van der Waals surface area contributed by atoms with Crippen molar-refractivity contribution >= 4 is 17.5 Å². The van der Waals surface area contributed by atoms with E-state index in [1.807, 2.05) is 0 Å². The van der Waals surface area contributed by atoms with E-state index in [1.165, 1.54) is 0 Å². The van der Waals surface area contributed by atoms with Gasteiger partial charge in [-0.05, 0) is 31.0 Å². The van der Waals surface area contributed by atoms with Crippen molar-refractivity contribution in [3.63, 3.8) is 0 Å². The number of anilines is 1. The van der Waals surface area contributed by atoms with Gasteiger partial charge in [0.1, 0.15) is 5.75 Å². The number of nitrogens with zero attached hydrogens (tertiary/aromatic N) is 2. The van der Waals surface area contributed by atoms with Gasteiger partial charge in [0.25, 0.3) is 5.91 Å². The third-order valence-corrected chi connectivity index (χ3v) is 4.26. The van der Waals surface area contributed by atoms with Gasteiger partial charge in [0.2, 0.25) is 5.91 Å². The topological polar surface area (TPSA) is 113 Å². The van der Waals surface area contributed by atoms with Crippen molar-refractivity contribution in [2.24, 2.45) is 5.73 Å². The van der Waals surface area contributed by atoms with E-state index < -0.39 is 6.04 Å². The Morgan fingerprint density at radius 2 is 2.12 bits per heavy atom. The molecule has 2 heterocycles. The number of hydrogen-bond acceptors (Lipinski definition) is 5. The second kappa shape index (κ2) is 8.48. The number of nitrogens with one attached hydrogen (secondary N) is 2. The molecule has 0 saturated carbocycles. The molecule has 8 nitrogen and oxygen atoms in total. The first-order valence-electron chi connectivity index (χ1n) is 8.67. The number of carbonyl (C=O) groups is 2. The number of hydrogen-bond donors (Lipinski definition) is 3. The standard InChI is InChI=1S/C18H23N5O3/c19-16(11-14-6-7-20-22-14)18(25)21-13-4-3-5-15(10-13)26-12-17(24)23-8-1-2-9-23/h3-7,10,16H,1-2,8-9,11-12,19H2,(H,20,22)(H,21,25). The third kappa shape index (κ3) is 4.82. The highest BCUT2D eigenvalue weighted by Crippen LogP contribution is 2.18. The van der Waals surface area contributed by atoms with Gasteiger partial charge in [-0.15, -0.1) is 0 Å². The number of amides is 2. The summed E-state index contributed by atoms with van der Waals surface area (Å²) >= 11 is 0. The highest BCUT2D eigenvalue weighted by Gasteiger charge is 2.18. The second-order valence-corrected chi connectivity index (χ2v) is 6.29. The van der Waals surface area contributed by atoms with Crippen molar-refractivity contribution < 1.29 is 14.3 Å². The minimum absolute atomic E-state index is 0.00324. The quantitative estimate of drug-likeness (QED) is 0.682. The van der Waals surface area contributed by atoms with Crippen LogP contribution in [0.5, 0.6) is 5.75 Å². The maximum absolute atomic E-state index is 12.2. The van der Waals surface area contributed by atoms with Gasteiger partial charge >= 0.3 is 0 Å². The zero-order valence-corrected chi connectivity index (χ0v) is 14.5. The molecule has 1 aromatic heterocycles. The lowest BCUT2D eigenvalue weighted by molar-refractivity contribution is -0.132.